The average molecular weight is 363 g/mol. The summed E-state index contributed by atoms with van der Waals surface area (Å²) in [6.07, 6.45) is 0.424. The molecule has 1 heterocycles. The largest absolute Gasteiger partial charge is 0.445 e. The van der Waals surface area contributed by atoms with Crippen molar-refractivity contribution in [1.82, 2.24) is 5.32 Å². The van der Waals surface area contributed by atoms with Crippen LogP contribution < -0.4 is 10.6 Å². The van der Waals surface area contributed by atoms with Gasteiger partial charge in [0.05, 0.1) is 11.4 Å². The van der Waals surface area contributed by atoms with Crippen LogP contribution in [0, 0.1) is 12.8 Å². The summed E-state index contributed by atoms with van der Waals surface area (Å²) in [6.45, 7) is 2.09. The van der Waals surface area contributed by atoms with E-state index in [4.69, 9.17) is 4.74 Å². The average Bonchev–Trinajstić information content (AvgIpc) is 3.51. The molecule has 138 valence electrons. The second-order valence-corrected chi connectivity index (χ2v) is 6.88. The summed E-state index contributed by atoms with van der Waals surface area (Å²) in [5.74, 6) is -0.0271. The summed E-state index contributed by atoms with van der Waals surface area (Å²) in [6, 6.07) is 15.3. The van der Waals surface area contributed by atoms with Crippen molar-refractivity contribution in [2.75, 3.05) is 5.32 Å². The summed E-state index contributed by atoms with van der Waals surface area (Å²) < 4.78 is 5.23. The van der Waals surface area contributed by atoms with Gasteiger partial charge in [0.15, 0.2) is 0 Å². The normalized spacial score (nSPS) is 18.6. The van der Waals surface area contributed by atoms with E-state index in [9.17, 15) is 9.59 Å². The molecule has 1 fully saturated rings. The lowest BCUT2D eigenvalue weighted by Gasteiger charge is -2.14. The Labute approximate surface area is 157 Å². The molecule has 0 aromatic heterocycles. The third-order valence-corrected chi connectivity index (χ3v) is 4.74. The molecular weight excluding hydrogens is 342 g/mol. The van der Waals surface area contributed by atoms with Crippen LogP contribution in [-0.2, 0) is 16.1 Å². The number of hydrogen-bond donors (Lipinski definition) is 2. The van der Waals surface area contributed by atoms with Crippen LogP contribution in [0.2, 0.25) is 0 Å². The first-order chi connectivity index (χ1) is 13.1. The second-order valence-electron chi connectivity index (χ2n) is 6.88. The zero-order chi connectivity index (χ0) is 18.8. The fraction of sp³-hybridized carbons (Fsp3) is 0.286. The standard InChI is InChI=1S/C21H21N3O3/c1-13-6-5-9-16-17(13)23-20(25)19(22-18(16)15-10-11-15)24-21(26)27-12-14-7-3-2-4-8-14/h2-9,15,19H,10-12H2,1H3,(H,23,25)(H,24,26)/t19-/m1/s1. The lowest BCUT2D eigenvalue weighted by molar-refractivity contribution is -0.117. The molecule has 2 aromatic rings. The zero-order valence-electron chi connectivity index (χ0n) is 15.1. The molecule has 1 atom stereocenters. The lowest BCUT2D eigenvalue weighted by atomic mass is 10.0. The van der Waals surface area contributed by atoms with Crippen LogP contribution in [0.3, 0.4) is 0 Å². The van der Waals surface area contributed by atoms with Crippen molar-refractivity contribution in [2.45, 2.75) is 32.5 Å². The number of anilines is 1. The van der Waals surface area contributed by atoms with Gasteiger partial charge in [0.1, 0.15) is 6.61 Å². The van der Waals surface area contributed by atoms with Crippen LogP contribution in [-0.4, -0.2) is 23.9 Å². The number of carbonyl (C=O) groups is 2. The van der Waals surface area contributed by atoms with E-state index in [-0.39, 0.29) is 12.5 Å². The molecule has 1 saturated carbocycles. The Morgan fingerprint density at radius 1 is 1.19 bits per heavy atom. The Balaban J connectivity index is 1.51. The van der Waals surface area contributed by atoms with E-state index >= 15 is 0 Å². The number of fused-ring (bicyclic) bond motifs is 1. The topological polar surface area (TPSA) is 79.8 Å². The molecule has 1 aliphatic carbocycles. The number of para-hydroxylation sites is 1. The maximum atomic E-state index is 12.6. The van der Waals surface area contributed by atoms with Crippen molar-refractivity contribution < 1.29 is 14.3 Å². The minimum atomic E-state index is -1.00. The highest BCUT2D eigenvalue weighted by atomic mass is 16.5. The van der Waals surface area contributed by atoms with Crippen LogP contribution in [0.1, 0.15) is 29.5 Å². The third kappa shape index (κ3) is 3.84. The fourth-order valence-electron chi connectivity index (χ4n) is 3.16. The molecule has 27 heavy (non-hydrogen) atoms. The van der Waals surface area contributed by atoms with Gasteiger partial charge in [-0.15, -0.1) is 0 Å². The molecule has 6 heteroatoms. The van der Waals surface area contributed by atoms with Crippen LogP contribution in [0.25, 0.3) is 0 Å². The van der Waals surface area contributed by atoms with Crippen LogP contribution in [0.4, 0.5) is 10.5 Å². The van der Waals surface area contributed by atoms with E-state index in [0.717, 1.165) is 40.9 Å². The number of ether oxygens (including phenoxy) is 1. The first-order valence-electron chi connectivity index (χ1n) is 9.07. The Morgan fingerprint density at radius 2 is 1.96 bits per heavy atom. The number of benzene rings is 2. The number of benzodiazepines with no additional fused rings is 1. The Morgan fingerprint density at radius 3 is 2.70 bits per heavy atom. The molecule has 1 aliphatic heterocycles. The molecule has 6 nitrogen and oxygen atoms in total. The van der Waals surface area contributed by atoms with Gasteiger partial charge < -0.3 is 10.1 Å². The molecule has 0 unspecified atom stereocenters. The van der Waals surface area contributed by atoms with Gasteiger partial charge in [-0.3, -0.25) is 15.1 Å². The first-order valence-corrected chi connectivity index (χ1v) is 9.07. The van der Waals surface area contributed by atoms with E-state index in [0.29, 0.717) is 5.92 Å². The Kier molecular flexibility index (Phi) is 4.62. The van der Waals surface area contributed by atoms with Crippen LogP contribution >= 0.6 is 0 Å². The number of nitrogens with one attached hydrogen (secondary N) is 2. The summed E-state index contributed by atoms with van der Waals surface area (Å²) >= 11 is 0. The summed E-state index contributed by atoms with van der Waals surface area (Å²) in [4.78, 5) is 29.4. The number of nitrogens with zero attached hydrogens (tertiary/aromatic N) is 1. The van der Waals surface area contributed by atoms with Gasteiger partial charge in [0, 0.05) is 11.5 Å². The minimum absolute atomic E-state index is 0.138. The van der Waals surface area contributed by atoms with Crippen molar-refractivity contribution in [3.63, 3.8) is 0 Å². The van der Waals surface area contributed by atoms with Crippen molar-refractivity contribution in [2.24, 2.45) is 10.9 Å². The van der Waals surface area contributed by atoms with E-state index in [1.807, 2.05) is 55.5 Å². The number of aliphatic imine (C=N–C) groups is 1. The molecule has 0 radical (unpaired) electrons. The summed E-state index contributed by atoms with van der Waals surface area (Å²) in [5, 5.41) is 5.49. The van der Waals surface area contributed by atoms with Crippen molar-refractivity contribution in [3.05, 3.63) is 65.2 Å². The zero-order valence-corrected chi connectivity index (χ0v) is 15.1. The second kappa shape index (κ2) is 7.23. The highest BCUT2D eigenvalue weighted by Crippen LogP contribution is 2.37. The Bertz CT molecular complexity index is 904. The van der Waals surface area contributed by atoms with Gasteiger partial charge in [-0.25, -0.2) is 4.79 Å². The number of hydrogen-bond acceptors (Lipinski definition) is 4. The molecule has 2 N–H and O–H groups in total. The number of carbonyl (C=O) groups excluding carboxylic acids is 2. The maximum Gasteiger partial charge on any atom is 0.409 e. The van der Waals surface area contributed by atoms with Crippen molar-refractivity contribution >= 4 is 23.4 Å². The summed E-state index contributed by atoms with van der Waals surface area (Å²) in [5.41, 5.74) is 4.44. The monoisotopic (exact) mass is 363 g/mol. The first kappa shape index (κ1) is 17.3. The fourth-order valence-corrected chi connectivity index (χ4v) is 3.16. The third-order valence-electron chi connectivity index (χ3n) is 4.74. The van der Waals surface area contributed by atoms with Crippen molar-refractivity contribution in [1.29, 1.82) is 0 Å². The number of amides is 2. The Hall–Kier alpha value is -3.15. The van der Waals surface area contributed by atoms with E-state index in [1.54, 1.807) is 0 Å². The molecule has 0 saturated heterocycles. The minimum Gasteiger partial charge on any atom is -0.445 e. The van der Waals surface area contributed by atoms with Crippen LogP contribution in [0.5, 0.6) is 0 Å². The van der Waals surface area contributed by atoms with E-state index in [2.05, 4.69) is 15.6 Å². The molecular formula is C21H21N3O3. The highest BCUT2D eigenvalue weighted by Gasteiger charge is 2.35. The number of rotatable bonds is 4. The quantitative estimate of drug-likeness (QED) is 0.874. The maximum absolute atomic E-state index is 12.6. The van der Waals surface area contributed by atoms with Gasteiger partial charge in [-0.1, -0.05) is 48.5 Å². The molecule has 0 bridgehead atoms. The van der Waals surface area contributed by atoms with Gasteiger partial charge in [0.25, 0.3) is 5.91 Å². The molecule has 2 amide bonds. The van der Waals surface area contributed by atoms with Gasteiger partial charge in [0.2, 0.25) is 6.17 Å². The molecule has 2 aromatic carbocycles. The molecule has 0 spiro atoms. The highest BCUT2D eigenvalue weighted by molar-refractivity contribution is 6.14. The van der Waals surface area contributed by atoms with Gasteiger partial charge >= 0.3 is 6.09 Å². The van der Waals surface area contributed by atoms with Crippen molar-refractivity contribution in [3.8, 4) is 0 Å². The number of alkyl carbamates (subject to hydrolysis) is 1. The van der Waals surface area contributed by atoms with E-state index in [1.165, 1.54) is 0 Å². The molecule has 4 rings (SSSR count). The lowest BCUT2D eigenvalue weighted by Crippen LogP contribution is -2.42. The summed E-state index contributed by atoms with van der Waals surface area (Å²) in [7, 11) is 0. The number of aryl methyl sites for hydroxylation is 1. The van der Waals surface area contributed by atoms with Gasteiger partial charge in [-0.05, 0) is 30.9 Å². The smallest absolute Gasteiger partial charge is 0.409 e. The predicted molar refractivity (Wildman–Crippen MR) is 103 cm³/mol. The SMILES string of the molecule is Cc1cccc2c1NC(=O)[C@@H](NC(=O)OCc1ccccc1)N=C2C1CC1. The van der Waals surface area contributed by atoms with E-state index < -0.39 is 12.3 Å². The molecule has 2 aliphatic rings. The predicted octanol–water partition coefficient (Wildman–Crippen LogP) is 3.40. The van der Waals surface area contributed by atoms with Crippen LogP contribution in [0.15, 0.2) is 53.5 Å². The van der Waals surface area contributed by atoms with Gasteiger partial charge in [-0.2, -0.15) is 0 Å².